The molecule has 1 saturated carbocycles. The highest BCUT2D eigenvalue weighted by Gasteiger charge is 2.13. The van der Waals surface area contributed by atoms with Gasteiger partial charge in [-0.3, -0.25) is 4.99 Å². The summed E-state index contributed by atoms with van der Waals surface area (Å²) in [7, 11) is 1.66. The summed E-state index contributed by atoms with van der Waals surface area (Å²) in [6.45, 7) is 0. The van der Waals surface area contributed by atoms with Crippen LogP contribution in [0.15, 0.2) is 29.3 Å². The van der Waals surface area contributed by atoms with E-state index in [2.05, 4.69) is 4.99 Å². The van der Waals surface area contributed by atoms with Gasteiger partial charge in [0.05, 0.1) is 13.2 Å². The zero-order chi connectivity index (χ0) is 12.1. The Kier molecular flexibility index (Phi) is 4.43. The van der Waals surface area contributed by atoms with Gasteiger partial charge in [0.2, 0.25) is 0 Å². The number of hydrogen-bond donors (Lipinski definition) is 0. The van der Waals surface area contributed by atoms with Gasteiger partial charge >= 0.3 is 0 Å². The molecule has 0 saturated heterocycles. The van der Waals surface area contributed by atoms with Crippen LogP contribution in [-0.4, -0.2) is 18.3 Å². The highest BCUT2D eigenvalue weighted by atomic mass is 35.5. The van der Waals surface area contributed by atoms with Crippen LogP contribution >= 0.6 is 11.6 Å². The second-order valence-electron chi connectivity index (χ2n) is 4.44. The van der Waals surface area contributed by atoms with Crippen molar-refractivity contribution in [1.29, 1.82) is 0 Å². The Balaban J connectivity index is 2.06. The molecule has 0 radical (unpaired) electrons. The first-order chi connectivity index (χ1) is 8.29. The first-order valence-corrected chi connectivity index (χ1v) is 6.55. The average molecular weight is 252 g/mol. The van der Waals surface area contributed by atoms with Crippen LogP contribution in [-0.2, 0) is 0 Å². The first-order valence-electron chi connectivity index (χ1n) is 6.17. The number of rotatable bonds is 3. The van der Waals surface area contributed by atoms with Gasteiger partial charge in [-0.25, -0.2) is 0 Å². The lowest BCUT2D eigenvalue weighted by molar-refractivity contribution is 0.415. The van der Waals surface area contributed by atoms with Gasteiger partial charge < -0.3 is 4.74 Å². The molecule has 92 valence electrons. The second-order valence-corrected chi connectivity index (χ2v) is 4.80. The summed E-state index contributed by atoms with van der Waals surface area (Å²) in [4.78, 5) is 4.60. The maximum Gasteiger partial charge on any atom is 0.131 e. The molecule has 1 fully saturated rings. The molecule has 3 heteroatoms. The van der Waals surface area contributed by atoms with E-state index in [-0.39, 0.29) is 0 Å². The molecule has 2 nitrogen and oxygen atoms in total. The van der Waals surface area contributed by atoms with Crippen molar-refractivity contribution in [2.75, 3.05) is 7.11 Å². The third kappa shape index (κ3) is 3.47. The molecule has 1 aliphatic rings. The van der Waals surface area contributed by atoms with E-state index in [4.69, 9.17) is 16.3 Å². The highest BCUT2D eigenvalue weighted by molar-refractivity contribution is 6.69. The van der Waals surface area contributed by atoms with E-state index in [1.165, 1.54) is 32.1 Å². The van der Waals surface area contributed by atoms with Crippen LogP contribution in [0.1, 0.15) is 37.7 Å². The predicted octanol–water partition coefficient (Wildman–Crippen LogP) is 4.01. The van der Waals surface area contributed by atoms with Gasteiger partial charge in [0.1, 0.15) is 10.9 Å². The number of nitrogens with zero attached hydrogens (tertiary/aromatic N) is 1. The van der Waals surface area contributed by atoms with Crippen LogP contribution in [0.3, 0.4) is 0 Å². The quantitative estimate of drug-likeness (QED) is 0.744. The molecule has 0 aliphatic heterocycles. The Bertz CT molecular complexity index is 380. The molecule has 0 unspecified atom stereocenters. The minimum atomic E-state index is 0.415. The van der Waals surface area contributed by atoms with Gasteiger partial charge in [0.15, 0.2) is 0 Å². The fourth-order valence-corrected chi connectivity index (χ4v) is 2.44. The van der Waals surface area contributed by atoms with Gasteiger partial charge in [-0.2, -0.15) is 0 Å². The van der Waals surface area contributed by atoms with Crippen molar-refractivity contribution in [3.05, 3.63) is 29.8 Å². The second kappa shape index (κ2) is 6.06. The summed E-state index contributed by atoms with van der Waals surface area (Å²) in [5, 5.41) is 0.625. The minimum absolute atomic E-state index is 0.415. The molecular formula is C14H18ClNO. The van der Waals surface area contributed by atoms with Crippen LogP contribution in [0.5, 0.6) is 5.75 Å². The van der Waals surface area contributed by atoms with Crippen LogP contribution in [0.2, 0.25) is 0 Å². The van der Waals surface area contributed by atoms with Crippen molar-refractivity contribution in [2.45, 2.75) is 38.1 Å². The zero-order valence-corrected chi connectivity index (χ0v) is 10.9. The molecule has 0 N–H and O–H groups in total. The lowest BCUT2D eigenvalue weighted by Gasteiger charge is -2.17. The van der Waals surface area contributed by atoms with Crippen molar-refractivity contribution in [2.24, 2.45) is 4.99 Å². The lowest BCUT2D eigenvalue weighted by Crippen LogP contribution is -2.11. The lowest BCUT2D eigenvalue weighted by atomic mass is 9.96. The fourth-order valence-electron chi connectivity index (χ4n) is 2.17. The standard InChI is InChI=1S/C14H18ClNO/c1-17-13-9-7-11(8-10-13)14(15)16-12-5-3-2-4-6-12/h7-10,12H,2-6H2,1H3. The van der Waals surface area contributed by atoms with E-state index < -0.39 is 0 Å². The van der Waals surface area contributed by atoms with Gasteiger partial charge in [-0.1, -0.05) is 30.9 Å². The van der Waals surface area contributed by atoms with E-state index in [1.807, 2.05) is 24.3 Å². The molecule has 0 bridgehead atoms. The van der Waals surface area contributed by atoms with E-state index in [1.54, 1.807) is 7.11 Å². The summed E-state index contributed by atoms with van der Waals surface area (Å²) >= 11 is 6.24. The molecular weight excluding hydrogens is 234 g/mol. The average Bonchev–Trinajstić information content (AvgIpc) is 2.40. The van der Waals surface area contributed by atoms with Crippen LogP contribution < -0.4 is 4.74 Å². The molecule has 0 aromatic heterocycles. The molecule has 0 amide bonds. The number of ether oxygens (including phenoxy) is 1. The monoisotopic (exact) mass is 251 g/mol. The minimum Gasteiger partial charge on any atom is -0.497 e. The maximum atomic E-state index is 6.24. The molecule has 2 rings (SSSR count). The molecule has 0 atom stereocenters. The maximum absolute atomic E-state index is 6.24. The SMILES string of the molecule is COc1ccc(C(Cl)=NC2CCCCC2)cc1. The molecule has 1 aromatic rings. The van der Waals surface area contributed by atoms with Crippen molar-refractivity contribution < 1.29 is 4.74 Å². The van der Waals surface area contributed by atoms with Gasteiger partial charge in [-0.15, -0.1) is 0 Å². The largest absolute Gasteiger partial charge is 0.497 e. The molecule has 1 aliphatic carbocycles. The Labute approximate surface area is 108 Å². The zero-order valence-electron chi connectivity index (χ0n) is 10.2. The van der Waals surface area contributed by atoms with E-state index >= 15 is 0 Å². The smallest absolute Gasteiger partial charge is 0.131 e. The summed E-state index contributed by atoms with van der Waals surface area (Å²) < 4.78 is 5.12. The molecule has 17 heavy (non-hydrogen) atoms. The predicted molar refractivity (Wildman–Crippen MR) is 72.3 cm³/mol. The van der Waals surface area contributed by atoms with Crippen LogP contribution in [0.25, 0.3) is 0 Å². The Morgan fingerprint density at radius 3 is 2.41 bits per heavy atom. The number of aliphatic imine (C=N–C) groups is 1. The van der Waals surface area contributed by atoms with Crippen LogP contribution in [0.4, 0.5) is 0 Å². The van der Waals surface area contributed by atoms with Gasteiger partial charge in [0, 0.05) is 5.56 Å². The van der Waals surface area contributed by atoms with Crippen LogP contribution in [0, 0.1) is 0 Å². The Morgan fingerprint density at radius 2 is 1.82 bits per heavy atom. The topological polar surface area (TPSA) is 21.6 Å². The first kappa shape index (κ1) is 12.4. The Hall–Kier alpha value is -1.02. The van der Waals surface area contributed by atoms with Crippen molar-refractivity contribution in [3.63, 3.8) is 0 Å². The van der Waals surface area contributed by atoms with Crippen molar-refractivity contribution >= 4 is 16.8 Å². The van der Waals surface area contributed by atoms with Crippen molar-refractivity contribution in [3.8, 4) is 5.75 Å². The summed E-state index contributed by atoms with van der Waals surface area (Å²) in [5.74, 6) is 0.843. The van der Waals surface area contributed by atoms with E-state index in [0.717, 1.165) is 11.3 Å². The Morgan fingerprint density at radius 1 is 1.18 bits per heavy atom. The van der Waals surface area contributed by atoms with Gasteiger partial charge in [-0.05, 0) is 37.1 Å². The molecule has 0 spiro atoms. The summed E-state index contributed by atoms with van der Waals surface area (Å²) in [6, 6.07) is 8.14. The summed E-state index contributed by atoms with van der Waals surface area (Å²) in [6.07, 6.45) is 6.24. The van der Waals surface area contributed by atoms with E-state index in [0.29, 0.717) is 11.2 Å². The van der Waals surface area contributed by atoms with E-state index in [9.17, 15) is 0 Å². The number of halogens is 1. The third-order valence-electron chi connectivity index (χ3n) is 3.20. The number of methoxy groups -OCH3 is 1. The summed E-state index contributed by atoms with van der Waals surface area (Å²) in [5.41, 5.74) is 0.970. The van der Waals surface area contributed by atoms with Crippen molar-refractivity contribution in [1.82, 2.24) is 0 Å². The van der Waals surface area contributed by atoms with Gasteiger partial charge in [0.25, 0.3) is 0 Å². The molecule has 0 heterocycles. The fraction of sp³-hybridized carbons (Fsp3) is 0.500. The third-order valence-corrected chi connectivity index (χ3v) is 3.51. The number of hydrogen-bond acceptors (Lipinski definition) is 2. The number of benzene rings is 1. The molecule has 1 aromatic carbocycles. The highest BCUT2D eigenvalue weighted by Crippen LogP contribution is 2.22. The normalized spacial score (nSPS) is 18.1.